The Morgan fingerprint density at radius 2 is 2.44 bits per heavy atom. The number of nitrogens with one attached hydrogen (secondary N) is 1. The van der Waals surface area contributed by atoms with E-state index in [2.05, 4.69) is 5.32 Å². The van der Waals surface area contributed by atoms with Gasteiger partial charge in [-0.1, -0.05) is 11.6 Å². The van der Waals surface area contributed by atoms with Crippen LogP contribution in [0.4, 0.5) is 0 Å². The largest absolute Gasteiger partial charge is 0.391 e. The second kappa shape index (κ2) is 4.47. The maximum atomic E-state index is 11.7. The molecule has 5 heteroatoms. The van der Waals surface area contributed by atoms with Gasteiger partial charge >= 0.3 is 0 Å². The van der Waals surface area contributed by atoms with Crippen molar-refractivity contribution in [2.75, 3.05) is 6.54 Å². The summed E-state index contributed by atoms with van der Waals surface area (Å²) in [6.07, 6.45) is 3.38. The van der Waals surface area contributed by atoms with Crippen molar-refractivity contribution in [3.05, 3.63) is 23.0 Å². The molecule has 1 unspecified atom stereocenters. The van der Waals surface area contributed by atoms with E-state index in [1.165, 1.54) is 0 Å². The fourth-order valence-electron chi connectivity index (χ4n) is 1.69. The third-order valence-electron chi connectivity index (χ3n) is 2.84. The van der Waals surface area contributed by atoms with E-state index in [0.29, 0.717) is 23.2 Å². The number of halogens is 1. The van der Waals surface area contributed by atoms with Gasteiger partial charge in [-0.05, 0) is 24.8 Å². The lowest BCUT2D eigenvalue weighted by atomic mass is 10.2. The van der Waals surface area contributed by atoms with Gasteiger partial charge in [-0.15, -0.1) is 0 Å². The number of aryl methyl sites for hydroxylation is 1. The van der Waals surface area contributed by atoms with Gasteiger partial charge in [0.2, 0.25) is 0 Å². The standard InChI is InChI=1S/C11H15ClN2O2/c1-14-6-8(12)4-9(14)11(16)13-5-10(15)7-2-3-7/h4,6-7,10,15H,2-3,5H2,1H3,(H,13,16). The Balaban J connectivity index is 1.89. The van der Waals surface area contributed by atoms with Crippen molar-refractivity contribution in [2.24, 2.45) is 13.0 Å². The summed E-state index contributed by atoms with van der Waals surface area (Å²) in [5.41, 5.74) is 0.507. The minimum absolute atomic E-state index is 0.200. The number of hydrogen-bond acceptors (Lipinski definition) is 2. The van der Waals surface area contributed by atoms with E-state index in [1.807, 2.05) is 0 Å². The van der Waals surface area contributed by atoms with Crippen molar-refractivity contribution < 1.29 is 9.90 Å². The lowest BCUT2D eigenvalue weighted by Crippen LogP contribution is -2.33. The fraction of sp³-hybridized carbons (Fsp3) is 0.545. The number of aliphatic hydroxyl groups excluding tert-OH is 1. The van der Waals surface area contributed by atoms with Crippen molar-refractivity contribution in [2.45, 2.75) is 18.9 Å². The molecule has 1 aromatic heterocycles. The zero-order valence-corrected chi connectivity index (χ0v) is 9.87. The first kappa shape index (κ1) is 11.5. The Bertz CT molecular complexity index is 399. The van der Waals surface area contributed by atoms with Gasteiger partial charge in [0.05, 0.1) is 11.1 Å². The number of carbonyl (C=O) groups is 1. The monoisotopic (exact) mass is 242 g/mol. The summed E-state index contributed by atoms with van der Waals surface area (Å²) < 4.78 is 1.67. The average molecular weight is 243 g/mol. The number of nitrogens with zero attached hydrogens (tertiary/aromatic N) is 1. The molecule has 1 aromatic rings. The van der Waals surface area contributed by atoms with E-state index in [0.717, 1.165) is 12.8 Å². The van der Waals surface area contributed by atoms with Crippen molar-refractivity contribution in [3.8, 4) is 0 Å². The van der Waals surface area contributed by atoms with E-state index in [-0.39, 0.29) is 5.91 Å². The molecule has 0 saturated heterocycles. The van der Waals surface area contributed by atoms with Crippen LogP contribution in [-0.4, -0.2) is 28.2 Å². The summed E-state index contributed by atoms with van der Waals surface area (Å²) in [6, 6.07) is 1.61. The Kier molecular flexibility index (Phi) is 3.21. The molecule has 1 saturated carbocycles. The first-order valence-electron chi connectivity index (χ1n) is 5.36. The number of rotatable bonds is 4. The summed E-state index contributed by atoms with van der Waals surface area (Å²) in [5, 5.41) is 12.9. The third-order valence-corrected chi connectivity index (χ3v) is 3.05. The molecule has 1 aliphatic rings. The first-order chi connectivity index (χ1) is 7.58. The predicted molar refractivity (Wildman–Crippen MR) is 61.5 cm³/mol. The Morgan fingerprint density at radius 3 is 2.94 bits per heavy atom. The molecule has 2 N–H and O–H groups in total. The molecule has 1 heterocycles. The van der Waals surface area contributed by atoms with Gasteiger partial charge < -0.3 is 15.0 Å². The number of amides is 1. The average Bonchev–Trinajstić information content (AvgIpc) is 3.01. The molecule has 88 valence electrons. The van der Waals surface area contributed by atoms with Crippen molar-refractivity contribution >= 4 is 17.5 Å². The van der Waals surface area contributed by atoms with Crippen molar-refractivity contribution in [1.29, 1.82) is 0 Å². The molecule has 2 rings (SSSR count). The van der Waals surface area contributed by atoms with E-state index in [9.17, 15) is 9.90 Å². The summed E-state index contributed by atoms with van der Waals surface area (Å²) in [6.45, 7) is 0.312. The van der Waals surface area contributed by atoms with Crippen LogP contribution in [0.15, 0.2) is 12.3 Å². The van der Waals surface area contributed by atoms with Crippen LogP contribution in [0.1, 0.15) is 23.3 Å². The second-order valence-electron chi connectivity index (χ2n) is 4.27. The molecule has 1 fully saturated rings. The Labute approximate surface area is 99.2 Å². The van der Waals surface area contributed by atoms with E-state index < -0.39 is 6.10 Å². The molecular formula is C11H15ClN2O2. The minimum atomic E-state index is -0.417. The van der Waals surface area contributed by atoms with Crippen LogP contribution in [0.5, 0.6) is 0 Å². The normalized spacial score (nSPS) is 17.2. The lowest BCUT2D eigenvalue weighted by molar-refractivity contribution is 0.0893. The molecule has 0 radical (unpaired) electrons. The van der Waals surface area contributed by atoms with Crippen LogP contribution in [0.25, 0.3) is 0 Å². The number of aliphatic hydroxyl groups is 1. The molecule has 4 nitrogen and oxygen atoms in total. The van der Waals surface area contributed by atoms with Crippen molar-refractivity contribution in [1.82, 2.24) is 9.88 Å². The number of carbonyl (C=O) groups excluding carboxylic acids is 1. The van der Waals surface area contributed by atoms with Gasteiger partial charge in [-0.25, -0.2) is 0 Å². The van der Waals surface area contributed by atoms with E-state index >= 15 is 0 Å². The minimum Gasteiger partial charge on any atom is -0.391 e. The SMILES string of the molecule is Cn1cc(Cl)cc1C(=O)NCC(O)C1CC1. The highest BCUT2D eigenvalue weighted by Crippen LogP contribution is 2.32. The molecule has 1 amide bonds. The smallest absolute Gasteiger partial charge is 0.268 e. The summed E-state index contributed by atoms with van der Waals surface area (Å²) >= 11 is 5.78. The highest BCUT2D eigenvalue weighted by atomic mass is 35.5. The molecule has 0 aromatic carbocycles. The van der Waals surface area contributed by atoms with Crippen LogP contribution in [0, 0.1) is 5.92 Å². The number of hydrogen-bond donors (Lipinski definition) is 2. The molecule has 16 heavy (non-hydrogen) atoms. The molecule has 1 atom stereocenters. The van der Waals surface area contributed by atoms with Crippen LogP contribution < -0.4 is 5.32 Å². The maximum Gasteiger partial charge on any atom is 0.268 e. The zero-order valence-electron chi connectivity index (χ0n) is 9.11. The van der Waals surface area contributed by atoms with Gasteiger partial charge in [0.1, 0.15) is 5.69 Å². The Hall–Kier alpha value is -1.00. The fourth-order valence-corrected chi connectivity index (χ4v) is 1.94. The topological polar surface area (TPSA) is 54.3 Å². The highest BCUT2D eigenvalue weighted by molar-refractivity contribution is 6.31. The number of aromatic nitrogens is 1. The summed E-state index contributed by atoms with van der Waals surface area (Å²) in [7, 11) is 1.76. The zero-order chi connectivity index (χ0) is 11.7. The third kappa shape index (κ3) is 2.57. The second-order valence-corrected chi connectivity index (χ2v) is 4.71. The van der Waals surface area contributed by atoms with Crippen LogP contribution in [-0.2, 0) is 7.05 Å². The van der Waals surface area contributed by atoms with Gasteiger partial charge in [0, 0.05) is 19.8 Å². The quantitative estimate of drug-likeness (QED) is 0.833. The molecular weight excluding hydrogens is 228 g/mol. The molecule has 0 aliphatic heterocycles. The van der Waals surface area contributed by atoms with Gasteiger partial charge in [-0.2, -0.15) is 0 Å². The van der Waals surface area contributed by atoms with Gasteiger partial charge in [0.15, 0.2) is 0 Å². The highest BCUT2D eigenvalue weighted by Gasteiger charge is 2.29. The van der Waals surface area contributed by atoms with Gasteiger partial charge in [0.25, 0.3) is 5.91 Å². The maximum absolute atomic E-state index is 11.7. The van der Waals surface area contributed by atoms with E-state index in [1.54, 1.807) is 23.9 Å². The molecule has 0 spiro atoms. The van der Waals surface area contributed by atoms with Crippen molar-refractivity contribution in [3.63, 3.8) is 0 Å². The van der Waals surface area contributed by atoms with Gasteiger partial charge in [-0.3, -0.25) is 4.79 Å². The molecule has 1 aliphatic carbocycles. The predicted octanol–water partition coefficient (Wildman–Crippen LogP) is 1.18. The lowest BCUT2D eigenvalue weighted by Gasteiger charge is -2.10. The first-order valence-corrected chi connectivity index (χ1v) is 5.74. The summed E-state index contributed by atoms with van der Waals surface area (Å²) in [5.74, 6) is 0.173. The van der Waals surface area contributed by atoms with E-state index in [4.69, 9.17) is 11.6 Å². The summed E-state index contributed by atoms with van der Waals surface area (Å²) in [4.78, 5) is 11.7. The van der Waals surface area contributed by atoms with Crippen LogP contribution >= 0.6 is 11.6 Å². The molecule has 0 bridgehead atoms. The van der Waals surface area contributed by atoms with Crippen LogP contribution in [0.3, 0.4) is 0 Å². The van der Waals surface area contributed by atoms with Crippen LogP contribution in [0.2, 0.25) is 5.02 Å². The Morgan fingerprint density at radius 1 is 1.75 bits per heavy atom.